The Kier molecular flexibility index (Phi) is 5.77. The highest BCUT2D eigenvalue weighted by atomic mass is 16.1. The fraction of sp³-hybridized carbons (Fsp3) is 0.182. The molecule has 4 heteroatoms. The van der Waals surface area contributed by atoms with E-state index in [2.05, 4.69) is 29.3 Å². The van der Waals surface area contributed by atoms with E-state index in [1.165, 1.54) is 0 Å². The second-order valence-electron chi connectivity index (χ2n) is 6.47. The van der Waals surface area contributed by atoms with Gasteiger partial charge in [0.2, 0.25) is 0 Å². The third kappa shape index (κ3) is 4.77. The summed E-state index contributed by atoms with van der Waals surface area (Å²) in [5.74, 6) is -0.0450. The molecule has 1 aromatic heterocycles. The normalized spacial score (nSPS) is 11.3. The molecule has 0 radical (unpaired) electrons. The molecule has 0 amide bonds. The highest BCUT2D eigenvalue weighted by Crippen LogP contribution is 2.15. The molecule has 2 aromatic carbocycles. The summed E-state index contributed by atoms with van der Waals surface area (Å²) in [6.45, 7) is 1.88. The molecule has 0 fully saturated rings. The first-order valence-corrected chi connectivity index (χ1v) is 8.68. The number of nitrogens with one attached hydrogen (secondary N) is 1. The lowest BCUT2D eigenvalue weighted by Gasteiger charge is -2.11. The maximum atomic E-state index is 12.4. The van der Waals surface area contributed by atoms with Crippen molar-refractivity contribution in [1.82, 2.24) is 9.88 Å². The number of ketones is 1. The Morgan fingerprint density at radius 2 is 1.88 bits per heavy atom. The van der Waals surface area contributed by atoms with Crippen LogP contribution in [0.5, 0.6) is 0 Å². The van der Waals surface area contributed by atoms with Crippen molar-refractivity contribution in [2.75, 3.05) is 32.5 Å². The first-order chi connectivity index (χ1) is 12.6. The van der Waals surface area contributed by atoms with Crippen LogP contribution in [0, 0.1) is 0 Å². The number of aromatic nitrogens is 1. The number of pyridine rings is 1. The molecule has 0 aliphatic rings. The molecular formula is C22H23N3O. The maximum Gasteiger partial charge on any atom is 0.187 e. The molecule has 1 N–H and O–H groups in total. The van der Waals surface area contributed by atoms with Crippen LogP contribution in [0.4, 0.5) is 5.69 Å². The molecule has 0 saturated carbocycles. The molecule has 0 unspecified atom stereocenters. The van der Waals surface area contributed by atoms with Crippen molar-refractivity contribution in [3.63, 3.8) is 0 Å². The van der Waals surface area contributed by atoms with Crippen LogP contribution in [0.15, 0.2) is 66.9 Å². The average Bonchev–Trinajstić information content (AvgIpc) is 2.66. The molecule has 132 valence electrons. The van der Waals surface area contributed by atoms with E-state index in [9.17, 15) is 4.79 Å². The van der Waals surface area contributed by atoms with Crippen molar-refractivity contribution in [2.45, 2.75) is 0 Å². The fourth-order valence-electron chi connectivity index (χ4n) is 2.61. The highest BCUT2D eigenvalue weighted by molar-refractivity contribution is 6.08. The van der Waals surface area contributed by atoms with Crippen molar-refractivity contribution in [3.8, 4) is 0 Å². The van der Waals surface area contributed by atoms with Gasteiger partial charge in [0, 0.05) is 35.9 Å². The Morgan fingerprint density at radius 1 is 1.12 bits per heavy atom. The molecule has 0 aliphatic carbocycles. The van der Waals surface area contributed by atoms with Crippen LogP contribution in [0.2, 0.25) is 0 Å². The van der Waals surface area contributed by atoms with Gasteiger partial charge in [-0.2, -0.15) is 0 Å². The number of nitrogens with zero attached hydrogens (tertiary/aromatic N) is 2. The van der Waals surface area contributed by atoms with Crippen molar-refractivity contribution in [2.24, 2.45) is 0 Å². The van der Waals surface area contributed by atoms with Crippen LogP contribution in [0.1, 0.15) is 15.9 Å². The molecular weight excluding hydrogens is 322 g/mol. The average molecular weight is 345 g/mol. The van der Waals surface area contributed by atoms with Gasteiger partial charge in [0.05, 0.1) is 5.52 Å². The summed E-state index contributed by atoms with van der Waals surface area (Å²) < 4.78 is 0. The second kappa shape index (κ2) is 8.41. The van der Waals surface area contributed by atoms with E-state index in [0.717, 1.165) is 35.2 Å². The number of fused-ring (bicyclic) bond motifs is 1. The molecule has 26 heavy (non-hydrogen) atoms. The molecule has 3 rings (SSSR count). The Hall–Kier alpha value is -2.98. The number of para-hydroxylation sites is 1. The van der Waals surface area contributed by atoms with E-state index in [0.29, 0.717) is 5.56 Å². The quantitative estimate of drug-likeness (QED) is 0.517. The minimum Gasteiger partial charge on any atom is -0.384 e. The number of anilines is 1. The van der Waals surface area contributed by atoms with Crippen LogP contribution in [-0.4, -0.2) is 42.9 Å². The smallest absolute Gasteiger partial charge is 0.187 e. The number of carbonyl (C=O) groups excluding carboxylic acids is 1. The zero-order valence-electron chi connectivity index (χ0n) is 15.1. The summed E-state index contributed by atoms with van der Waals surface area (Å²) in [5.41, 5.74) is 3.56. The lowest BCUT2D eigenvalue weighted by Crippen LogP contribution is -2.20. The number of rotatable bonds is 7. The van der Waals surface area contributed by atoms with Gasteiger partial charge in [-0.15, -0.1) is 0 Å². The standard InChI is InChI=1S/C22H23N3O/c1-25(2)14-13-23-20-10-7-17(8-11-20)9-12-22(26)19-15-18-5-3-4-6-21(18)24-16-19/h3-12,15-16,23H,13-14H2,1-2H3. The fourth-order valence-corrected chi connectivity index (χ4v) is 2.61. The van der Waals surface area contributed by atoms with Gasteiger partial charge in [-0.3, -0.25) is 9.78 Å². The summed E-state index contributed by atoms with van der Waals surface area (Å²) in [6, 6.07) is 17.7. The first-order valence-electron chi connectivity index (χ1n) is 8.68. The van der Waals surface area contributed by atoms with Gasteiger partial charge >= 0.3 is 0 Å². The Labute approximate surface area is 154 Å². The zero-order valence-corrected chi connectivity index (χ0v) is 15.1. The highest BCUT2D eigenvalue weighted by Gasteiger charge is 2.04. The molecule has 3 aromatic rings. The minimum absolute atomic E-state index is 0.0450. The van der Waals surface area contributed by atoms with Crippen molar-refractivity contribution < 1.29 is 4.79 Å². The maximum absolute atomic E-state index is 12.4. The Bertz CT molecular complexity index is 914. The summed E-state index contributed by atoms with van der Waals surface area (Å²) in [5, 5.41) is 4.34. The number of hydrogen-bond acceptors (Lipinski definition) is 4. The van der Waals surface area contributed by atoms with Crippen LogP contribution in [-0.2, 0) is 0 Å². The number of benzene rings is 2. The lowest BCUT2D eigenvalue weighted by atomic mass is 10.1. The van der Waals surface area contributed by atoms with Crippen molar-refractivity contribution >= 4 is 28.4 Å². The monoisotopic (exact) mass is 345 g/mol. The number of likely N-dealkylation sites (N-methyl/N-ethyl adjacent to an activating group) is 1. The Balaban J connectivity index is 1.63. The number of hydrogen-bond donors (Lipinski definition) is 1. The largest absolute Gasteiger partial charge is 0.384 e. The number of allylic oxidation sites excluding steroid dienone is 1. The SMILES string of the molecule is CN(C)CCNc1ccc(C=CC(=O)c2cnc3ccccc3c2)cc1. The third-order valence-electron chi connectivity index (χ3n) is 4.10. The first kappa shape index (κ1) is 17.8. The summed E-state index contributed by atoms with van der Waals surface area (Å²) in [7, 11) is 4.11. The molecule has 0 aliphatic heterocycles. The van der Waals surface area contributed by atoms with E-state index in [4.69, 9.17) is 0 Å². The minimum atomic E-state index is -0.0450. The molecule has 0 bridgehead atoms. The van der Waals surface area contributed by atoms with Gasteiger partial charge in [0.1, 0.15) is 0 Å². The van der Waals surface area contributed by atoms with Gasteiger partial charge in [0.25, 0.3) is 0 Å². The molecule has 0 saturated heterocycles. The predicted octanol–water partition coefficient (Wildman–Crippen LogP) is 4.10. The second-order valence-corrected chi connectivity index (χ2v) is 6.47. The van der Waals surface area contributed by atoms with E-state index >= 15 is 0 Å². The van der Waals surface area contributed by atoms with E-state index in [1.807, 2.05) is 60.7 Å². The zero-order chi connectivity index (χ0) is 18.4. The molecule has 0 atom stereocenters. The summed E-state index contributed by atoms with van der Waals surface area (Å²) in [4.78, 5) is 18.9. The van der Waals surface area contributed by atoms with Crippen LogP contribution in [0.25, 0.3) is 17.0 Å². The van der Waals surface area contributed by atoms with Crippen molar-refractivity contribution in [1.29, 1.82) is 0 Å². The summed E-state index contributed by atoms with van der Waals surface area (Å²) >= 11 is 0. The van der Waals surface area contributed by atoms with Gasteiger partial charge in [-0.05, 0) is 50.0 Å². The van der Waals surface area contributed by atoms with E-state index in [-0.39, 0.29) is 5.78 Å². The van der Waals surface area contributed by atoms with Gasteiger partial charge in [-0.1, -0.05) is 36.4 Å². The van der Waals surface area contributed by atoms with Gasteiger partial charge in [0.15, 0.2) is 5.78 Å². The summed E-state index contributed by atoms with van der Waals surface area (Å²) in [6.07, 6.45) is 5.06. The molecule has 1 heterocycles. The van der Waals surface area contributed by atoms with Crippen LogP contribution >= 0.6 is 0 Å². The van der Waals surface area contributed by atoms with Crippen LogP contribution < -0.4 is 5.32 Å². The van der Waals surface area contributed by atoms with Crippen LogP contribution in [0.3, 0.4) is 0 Å². The molecule has 4 nitrogen and oxygen atoms in total. The van der Waals surface area contributed by atoms with E-state index < -0.39 is 0 Å². The molecule has 0 spiro atoms. The lowest BCUT2D eigenvalue weighted by molar-refractivity contribution is 0.104. The Morgan fingerprint density at radius 3 is 2.65 bits per heavy atom. The predicted molar refractivity (Wildman–Crippen MR) is 109 cm³/mol. The topological polar surface area (TPSA) is 45.2 Å². The van der Waals surface area contributed by atoms with E-state index in [1.54, 1.807) is 12.3 Å². The van der Waals surface area contributed by atoms with Gasteiger partial charge in [-0.25, -0.2) is 0 Å². The van der Waals surface area contributed by atoms with Gasteiger partial charge < -0.3 is 10.2 Å². The third-order valence-corrected chi connectivity index (χ3v) is 4.10. The van der Waals surface area contributed by atoms with Crippen molar-refractivity contribution in [3.05, 3.63) is 78.0 Å². The number of carbonyl (C=O) groups is 1.